The second-order valence-electron chi connectivity index (χ2n) is 7.64. The zero-order valence-electron chi connectivity index (χ0n) is 16.1. The fourth-order valence-electron chi connectivity index (χ4n) is 2.59. The van der Waals surface area contributed by atoms with Crippen LogP contribution in [0.2, 0.25) is 5.02 Å². The molecule has 0 aliphatic carbocycles. The molecule has 0 bridgehead atoms. The average Bonchev–Trinajstić information content (AvgIpc) is 3.03. The third-order valence-electron chi connectivity index (χ3n) is 4.05. The van der Waals surface area contributed by atoms with Gasteiger partial charge in [0.05, 0.1) is 6.33 Å². The average molecular weight is 388 g/mol. The molecule has 3 aromatic rings. The summed E-state index contributed by atoms with van der Waals surface area (Å²) in [6.07, 6.45) is 1.80. The number of benzene rings is 1. The Labute approximate surface area is 164 Å². The van der Waals surface area contributed by atoms with E-state index >= 15 is 0 Å². The summed E-state index contributed by atoms with van der Waals surface area (Å²) in [4.78, 5) is 13.8. The standard InChI is InChI=1S/C19H26ClN7/c1-12(2)27-11-24-15-16(22-9-13-5-7-14(20)8-6-13)25-18(26-17(15)27)23-10-19(3,4)21/h5-8,11-12H,9-10,21H2,1-4H3,(H2,22,23,25,26). The molecular formula is C19H26ClN7. The van der Waals surface area contributed by atoms with Crippen molar-refractivity contribution < 1.29 is 0 Å². The van der Waals surface area contributed by atoms with E-state index in [0.717, 1.165) is 21.7 Å². The SMILES string of the molecule is CC(C)n1cnc2c(NCc3ccc(Cl)cc3)nc(NCC(C)(C)N)nc21. The molecule has 0 radical (unpaired) electrons. The molecule has 27 heavy (non-hydrogen) atoms. The van der Waals surface area contributed by atoms with Crippen molar-refractivity contribution in [1.82, 2.24) is 19.5 Å². The van der Waals surface area contributed by atoms with Crippen LogP contribution in [0.3, 0.4) is 0 Å². The van der Waals surface area contributed by atoms with Crippen LogP contribution in [0.1, 0.15) is 39.3 Å². The van der Waals surface area contributed by atoms with Crippen LogP contribution < -0.4 is 16.4 Å². The molecule has 144 valence electrons. The van der Waals surface area contributed by atoms with E-state index in [4.69, 9.17) is 17.3 Å². The number of rotatable bonds is 7. The van der Waals surface area contributed by atoms with Crippen LogP contribution in [0.4, 0.5) is 11.8 Å². The first-order valence-corrected chi connectivity index (χ1v) is 9.36. The van der Waals surface area contributed by atoms with Crippen LogP contribution in [0.25, 0.3) is 11.2 Å². The van der Waals surface area contributed by atoms with Crippen molar-refractivity contribution in [2.24, 2.45) is 5.73 Å². The van der Waals surface area contributed by atoms with E-state index in [1.165, 1.54) is 0 Å². The summed E-state index contributed by atoms with van der Waals surface area (Å²) in [5.41, 5.74) is 8.35. The number of nitrogens with two attached hydrogens (primary N) is 1. The van der Waals surface area contributed by atoms with E-state index in [1.807, 2.05) is 42.7 Å². The Morgan fingerprint density at radius 3 is 2.48 bits per heavy atom. The summed E-state index contributed by atoms with van der Waals surface area (Å²) in [5, 5.41) is 7.32. The van der Waals surface area contributed by atoms with Crippen molar-refractivity contribution in [2.45, 2.75) is 45.8 Å². The van der Waals surface area contributed by atoms with Crippen LogP contribution in [-0.4, -0.2) is 31.6 Å². The number of nitrogens with one attached hydrogen (secondary N) is 2. The Morgan fingerprint density at radius 1 is 1.15 bits per heavy atom. The van der Waals surface area contributed by atoms with Crippen molar-refractivity contribution in [2.75, 3.05) is 17.2 Å². The van der Waals surface area contributed by atoms with Gasteiger partial charge >= 0.3 is 0 Å². The Hall–Kier alpha value is -2.38. The van der Waals surface area contributed by atoms with Crippen LogP contribution >= 0.6 is 11.6 Å². The van der Waals surface area contributed by atoms with Gasteiger partial charge in [-0.1, -0.05) is 23.7 Å². The lowest BCUT2D eigenvalue weighted by atomic mass is 10.1. The maximum atomic E-state index is 6.08. The number of aromatic nitrogens is 4. The van der Waals surface area contributed by atoms with Gasteiger partial charge in [0.1, 0.15) is 0 Å². The minimum atomic E-state index is -0.368. The van der Waals surface area contributed by atoms with Crippen molar-refractivity contribution >= 4 is 34.5 Å². The van der Waals surface area contributed by atoms with Gasteiger partial charge in [0.15, 0.2) is 17.0 Å². The number of hydrogen-bond acceptors (Lipinski definition) is 6. The number of halogens is 1. The molecule has 0 saturated carbocycles. The van der Waals surface area contributed by atoms with Gasteiger partial charge < -0.3 is 20.9 Å². The smallest absolute Gasteiger partial charge is 0.226 e. The minimum absolute atomic E-state index is 0.243. The second-order valence-corrected chi connectivity index (χ2v) is 8.07. The third-order valence-corrected chi connectivity index (χ3v) is 4.31. The molecule has 3 rings (SSSR count). The minimum Gasteiger partial charge on any atom is -0.364 e. The predicted molar refractivity (Wildman–Crippen MR) is 111 cm³/mol. The Morgan fingerprint density at radius 2 is 1.85 bits per heavy atom. The van der Waals surface area contributed by atoms with Gasteiger partial charge in [0, 0.05) is 29.7 Å². The lowest BCUT2D eigenvalue weighted by molar-refractivity contribution is 0.547. The first-order valence-electron chi connectivity index (χ1n) is 8.98. The molecular weight excluding hydrogens is 362 g/mol. The highest BCUT2D eigenvalue weighted by molar-refractivity contribution is 6.30. The first-order chi connectivity index (χ1) is 12.7. The van der Waals surface area contributed by atoms with Crippen LogP contribution in [-0.2, 0) is 6.54 Å². The zero-order chi connectivity index (χ0) is 19.6. The zero-order valence-corrected chi connectivity index (χ0v) is 16.9. The van der Waals surface area contributed by atoms with Crippen LogP contribution in [0, 0.1) is 0 Å². The van der Waals surface area contributed by atoms with Gasteiger partial charge in [-0.05, 0) is 45.4 Å². The molecule has 0 atom stereocenters. The fourth-order valence-corrected chi connectivity index (χ4v) is 2.72. The molecule has 0 saturated heterocycles. The van der Waals surface area contributed by atoms with Gasteiger partial charge in [0.2, 0.25) is 5.95 Å². The molecule has 0 fully saturated rings. The molecule has 0 aliphatic heterocycles. The molecule has 0 amide bonds. The number of hydrogen-bond donors (Lipinski definition) is 3. The summed E-state index contributed by atoms with van der Waals surface area (Å²) in [6.45, 7) is 9.28. The maximum Gasteiger partial charge on any atom is 0.226 e. The molecule has 4 N–H and O–H groups in total. The molecule has 0 spiro atoms. The van der Waals surface area contributed by atoms with Gasteiger partial charge in [-0.25, -0.2) is 4.98 Å². The monoisotopic (exact) mass is 387 g/mol. The number of anilines is 2. The molecule has 7 nitrogen and oxygen atoms in total. The highest BCUT2D eigenvalue weighted by Crippen LogP contribution is 2.24. The summed E-state index contributed by atoms with van der Waals surface area (Å²) >= 11 is 5.96. The molecule has 0 aliphatic rings. The van der Waals surface area contributed by atoms with E-state index in [2.05, 4.69) is 39.4 Å². The largest absolute Gasteiger partial charge is 0.364 e. The van der Waals surface area contributed by atoms with E-state index in [-0.39, 0.29) is 11.6 Å². The van der Waals surface area contributed by atoms with Gasteiger partial charge in [-0.15, -0.1) is 0 Å². The summed E-state index contributed by atoms with van der Waals surface area (Å²) < 4.78 is 2.03. The van der Waals surface area contributed by atoms with Crippen molar-refractivity contribution in [3.63, 3.8) is 0 Å². The Kier molecular flexibility index (Phi) is 5.53. The highest BCUT2D eigenvalue weighted by Gasteiger charge is 2.16. The topological polar surface area (TPSA) is 93.7 Å². The van der Waals surface area contributed by atoms with E-state index in [0.29, 0.717) is 24.9 Å². The molecule has 0 unspecified atom stereocenters. The fraction of sp³-hybridized carbons (Fsp3) is 0.421. The predicted octanol–water partition coefficient (Wildman–Crippen LogP) is 3.82. The summed E-state index contributed by atoms with van der Waals surface area (Å²) in [6, 6.07) is 7.95. The van der Waals surface area contributed by atoms with E-state index in [9.17, 15) is 0 Å². The van der Waals surface area contributed by atoms with Crippen LogP contribution in [0.15, 0.2) is 30.6 Å². The summed E-state index contributed by atoms with van der Waals surface area (Å²) in [5.74, 6) is 1.22. The van der Waals surface area contributed by atoms with Gasteiger partial charge in [0.25, 0.3) is 0 Å². The van der Waals surface area contributed by atoms with E-state index in [1.54, 1.807) is 6.33 Å². The van der Waals surface area contributed by atoms with Crippen LogP contribution in [0.5, 0.6) is 0 Å². The highest BCUT2D eigenvalue weighted by atomic mass is 35.5. The number of nitrogens with zero attached hydrogens (tertiary/aromatic N) is 4. The lowest BCUT2D eigenvalue weighted by Gasteiger charge is -2.19. The van der Waals surface area contributed by atoms with E-state index < -0.39 is 0 Å². The van der Waals surface area contributed by atoms with Gasteiger partial charge in [-0.3, -0.25) is 0 Å². The first kappa shape index (κ1) is 19.4. The van der Waals surface area contributed by atoms with Crippen molar-refractivity contribution in [3.05, 3.63) is 41.2 Å². The lowest BCUT2D eigenvalue weighted by Crippen LogP contribution is -2.40. The molecule has 2 heterocycles. The molecule has 2 aromatic heterocycles. The molecule has 8 heteroatoms. The van der Waals surface area contributed by atoms with Gasteiger partial charge in [-0.2, -0.15) is 9.97 Å². The number of imidazole rings is 1. The third kappa shape index (κ3) is 4.87. The van der Waals surface area contributed by atoms with Crippen molar-refractivity contribution in [1.29, 1.82) is 0 Å². The summed E-state index contributed by atoms with van der Waals surface area (Å²) in [7, 11) is 0. The van der Waals surface area contributed by atoms with Crippen molar-refractivity contribution in [3.8, 4) is 0 Å². The second kappa shape index (κ2) is 7.70. The normalized spacial score (nSPS) is 12.0. The Bertz CT molecular complexity index is 910. The quantitative estimate of drug-likeness (QED) is 0.570. The Balaban J connectivity index is 1.92. The number of fused-ring (bicyclic) bond motifs is 1. The maximum absolute atomic E-state index is 6.08. The molecule has 1 aromatic carbocycles.